The summed E-state index contributed by atoms with van der Waals surface area (Å²) in [6.07, 6.45) is -0.838. The number of methoxy groups -OCH3 is 1. The highest BCUT2D eigenvalue weighted by atomic mass is 16.6. The molecule has 2 aromatic carbocycles. The number of rotatable bonds is 6. The molecular formula is C16H18N2O4. The van der Waals surface area contributed by atoms with Gasteiger partial charge in [0.15, 0.2) is 5.75 Å². The number of aliphatic hydroxyl groups is 1. The molecule has 0 fully saturated rings. The van der Waals surface area contributed by atoms with Crippen LogP contribution in [0.4, 0.5) is 11.4 Å². The molecule has 2 rings (SSSR count). The Morgan fingerprint density at radius 2 is 1.95 bits per heavy atom. The first-order chi connectivity index (χ1) is 10.5. The van der Waals surface area contributed by atoms with Gasteiger partial charge in [-0.1, -0.05) is 24.3 Å². The summed E-state index contributed by atoms with van der Waals surface area (Å²) in [5, 5.41) is 21.3. The Labute approximate surface area is 128 Å². The second-order valence-electron chi connectivity index (χ2n) is 4.92. The maximum absolute atomic E-state index is 11.0. The Hall–Kier alpha value is -2.60. The van der Waals surface area contributed by atoms with E-state index >= 15 is 0 Å². The molecule has 2 aromatic rings. The van der Waals surface area contributed by atoms with E-state index in [9.17, 15) is 15.2 Å². The van der Waals surface area contributed by atoms with Crippen LogP contribution in [0.3, 0.4) is 0 Å². The molecule has 0 heterocycles. The topological polar surface area (TPSA) is 75.8 Å². The van der Waals surface area contributed by atoms with Crippen LogP contribution >= 0.6 is 0 Å². The van der Waals surface area contributed by atoms with Crippen molar-refractivity contribution in [3.63, 3.8) is 0 Å². The predicted octanol–water partition coefficient (Wildman–Crippen LogP) is 2.77. The van der Waals surface area contributed by atoms with Crippen LogP contribution in [-0.4, -0.2) is 30.7 Å². The number of likely N-dealkylation sites (N-methyl/N-ethyl adjacent to an activating group) is 1. The van der Waals surface area contributed by atoms with Gasteiger partial charge in [-0.15, -0.1) is 0 Å². The van der Waals surface area contributed by atoms with Crippen molar-refractivity contribution >= 4 is 11.4 Å². The van der Waals surface area contributed by atoms with E-state index in [-0.39, 0.29) is 11.4 Å². The lowest BCUT2D eigenvalue weighted by atomic mass is 10.1. The molecule has 0 saturated heterocycles. The van der Waals surface area contributed by atoms with Gasteiger partial charge in [-0.3, -0.25) is 10.1 Å². The molecule has 116 valence electrons. The molecule has 0 spiro atoms. The second-order valence-corrected chi connectivity index (χ2v) is 4.92. The maximum atomic E-state index is 11.0. The molecule has 6 heteroatoms. The number of nitro groups is 1. The smallest absolute Gasteiger partial charge is 0.311 e. The van der Waals surface area contributed by atoms with E-state index in [1.807, 2.05) is 42.3 Å². The number of hydrogen-bond donors (Lipinski definition) is 1. The zero-order valence-electron chi connectivity index (χ0n) is 12.5. The van der Waals surface area contributed by atoms with Gasteiger partial charge in [-0.05, 0) is 23.8 Å². The molecule has 0 bridgehead atoms. The van der Waals surface area contributed by atoms with Crippen molar-refractivity contribution in [2.75, 3.05) is 25.6 Å². The van der Waals surface area contributed by atoms with E-state index in [4.69, 9.17) is 4.74 Å². The molecule has 0 amide bonds. The Morgan fingerprint density at radius 3 is 2.55 bits per heavy atom. The van der Waals surface area contributed by atoms with Crippen LogP contribution in [0.25, 0.3) is 0 Å². The summed E-state index contributed by atoms with van der Waals surface area (Å²) in [5.41, 5.74) is 1.29. The fourth-order valence-corrected chi connectivity index (χ4v) is 2.21. The summed E-state index contributed by atoms with van der Waals surface area (Å²) in [5.74, 6) is 0.178. The standard InChI is InChI=1S/C16H18N2O4/c1-17(13-6-4-3-5-7-13)11-15(19)12-8-9-16(22-2)14(10-12)18(20)21/h3-10,15,19H,11H2,1-2H3. The van der Waals surface area contributed by atoms with Crippen molar-refractivity contribution in [2.45, 2.75) is 6.10 Å². The van der Waals surface area contributed by atoms with Crippen molar-refractivity contribution in [3.05, 3.63) is 64.2 Å². The maximum Gasteiger partial charge on any atom is 0.311 e. The highest BCUT2D eigenvalue weighted by Gasteiger charge is 2.19. The quantitative estimate of drug-likeness (QED) is 0.656. The van der Waals surface area contributed by atoms with E-state index in [1.165, 1.54) is 19.2 Å². The average molecular weight is 302 g/mol. The monoisotopic (exact) mass is 302 g/mol. The van der Waals surface area contributed by atoms with Crippen LogP contribution in [0.5, 0.6) is 5.75 Å². The number of aliphatic hydroxyl groups excluding tert-OH is 1. The van der Waals surface area contributed by atoms with Crippen LogP contribution in [-0.2, 0) is 0 Å². The first-order valence-corrected chi connectivity index (χ1v) is 6.79. The third-order valence-corrected chi connectivity index (χ3v) is 3.43. The molecule has 0 saturated carbocycles. The van der Waals surface area contributed by atoms with Gasteiger partial charge in [-0.25, -0.2) is 0 Å². The summed E-state index contributed by atoms with van der Waals surface area (Å²) < 4.78 is 4.96. The van der Waals surface area contributed by atoms with Crippen LogP contribution in [0, 0.1) is 10.1 Å². The van der Waals surface area contributed by atoms with Crippen molar-refractivity contribution < 1.29 is 14.8 Å². The molecule has 0 aliphatic rings. The molecule has 1 unspecified atom stereocenters. The number of nitro benzene ring substituents is 1. The van der Waals surface area contributed by atoms with E-state index in [1.54, 1.807) is 6.07 Å². The number of nitrogens with zero attached hydrogens (tertiary/aromatic N) is 2. The lowest BCUT2D eigenvalue weighted by Gasteiger charge is -2.23. The fraction of sp³-hybridized carbons (Fsp3) is 0.250. The third kappa shape index (κ3) is 3.53. The summed E-state index contributed by atoms with van der Waals surface area (Å²) in [4.78, 5) is 12.4. The second kappa shape index (κ2) is 6.91. The number of benzene rings is 2. The molecular weight excluding hydrogens is 284 g/mol. The Balaban J connectivity index is 2.17. The number of para-hydroxylation sites is 1. The minimum atomic E-state index is -0.838. The van der Waals surface area contributed by atoms with Crippen molar-refractivity contribution in [3.8, 4) is 5.75 Å². The first kappa shape index (κ1) is 15.8. The fourth-order valence-electron chi connectivity index (χ4n) is 2.21. The Bertz CT molecular complexity index is 646. The summed E-state index contributed by atoms with van der Waals surface area (Å²) in [6, 6.07) is 14.1. The van der Waals surface area contributed by atoms with Gasteiger partial charge in [0.1, 0.15) is 0 Å². The Morgan fingerprint density at radius 1 is 1.27 bits per heavy atom. The zero-order valence-corrected chi connectivity index (χ0v) is 12.5. The highest BCUT2D eigenvalue weighted by Crippen LogP contribution is 2.30. The van der Waals surface area contributed by atoms with Gasteiger partial charge in [0, 0.05) is 25.3 Å². The molecule has 0 radical (unpaired) electrons. The summed E-state index contributed by atoms with van der Waals surface area (Å²) in [7, 11) is 3.23. The largest absolute Gasteiger partial charge is 0.490 e. The lowest BCUT2D eigenvalue weighted by Crippen LogP contribution is -2.24. The number of hydrogen-bond acceptors (Lipinski definition) is 5. The van der Waals surface area contributed by atoms with Gasteiger partial charge in [0.05, 0.1) is 18.1 Å². The van der Waals surface area contributed by atoms with Gasteiger partial charge in [-0.2, -0.15) is 0 Å². The molecule has 6 nitrogen and oxygen atoms in total. The molecule has 0 aliphatic heterocycles. The zero-order chi connectivity index (χ0) is 16.1. The molecule has 0 aromatic heterocycles. The molecule has 0 aliphatic carbocycles. The lowest BCUT2D eigenvalue weighted by molar-refractivity contribution is -0.385. The average Bonchev–Trinajstić information content (AvgIpc) is 2.54. The van der Waals surface area contributed by atoms with Crippen LogP contribution in [0.2, 0.25) is 0 Å². The van der Waals surface area contributed by atoms with Gasteiger partial charge < -0.3 is 14.7 Å². The normalized spacial score (nSPS) is 11.8. The highest BCUT2D eigenvalue weighted by molar-refractivity contribution is 5.50. The van der Waals surface area contributed by atoms with Crippen molar-refractivity contribution in [2.24, 2.45) is 0 Å². The number of anilines is 1. The van der Waals surface area contributed by atoms with Crippen LogP contribution in [0.15, 0.2) is 48.5 Å². The summed E-state index contributed by atoms with van der Waals surface area (Å²) in [6.45, 7) is 0.327. The van der Waals surface area contributed by atoms with Crippen LogP contribution in [0.1, 0.15) is 11.7 Å². The minimum absolute atomic E-state index is 0.151. The van der Waals surface area contributed by atoms with Crippen molar-refractivity contribution in [1.29, 1.82) is 0 Å². The number of ether oxygens (including phenoxy) is 1. The minimum Gasteiger partial charge on any atom is -0.490 e. The molecule has 1 N–H and O–H groups in total. The summed E-state index contributed by atoms with van der Waals surface area (Å²) >= 11 is 0. The third-order valence-electron chi connectivity index (χ3n) is 3.43. The van der Waals surface area contributed by atoms with E-state index in [0.29, 0.717) is 12.1 Å². The van der Waals surface area contributed by atoms with E-state index < -0.39 is 11.0 Å². The first-order valence-electron chi connectivity index (χ1n) is 6.79. The van der Waals surface area contributed by atoms with E-state index in [2.05, 4.69) is 0 Å². The van der Waals surface area contributed by atoms with Gasteiger partial charge >= 0.3 is 5.69 Å². The van der Waals surface area contributed by atoms with Gasteiger partial charge in [0.25, 0.3) is 0 Å². The Kier molecular flexibility index (Phi) is 4.95. The molecule has 22 heavy (non-hydrogen) atoms. The molecule has 1 atom stereocenters. The SMILES string of the molecule is COc1ccc(C(O)CN(C)c2ccccc2)cc1[N+](=O)[O-]. The van der Waals surface area contributed by atoms with Crippen LogP contribution < -0.4 is 9.64 Å². The van der Waals surface area contributed by atoms with Crippen molar-refractivity contribution in [1.82, 2.24) is 0 Å². The van der Waals surface area contributed by atoms with Gasteiger partial charge in [0.2, 0.25) is 0 Å². The van der Waals surface area contributed by atoms with E-state index in [0.717, 1.165) is 5.69 Å². The predicted molar refractivity (Wildman–Crippen MR) is 84.3 cm³/mol.